The van der Waals surface area contributed by atoms with Crippen LogP contribution in [0.1, 0.15) is 73.5 Å². The summed E-state index contributed by atoms with van der Waals surface area (Å²) >= 11 is 3.54. The molecule has 1 aliphatic heterocycles. The number of aromatic nitrogens is 2. The van der Waals surface area contributed by atoms with Gasteiger partial charge in [0.15, 0.2) is 0 Å². The molecule has 6 heteroatoms. The van der Waals surface area contributed by atoms with E-state index in [1.807, 2.05) is 11.3 Å². The summed E-state index contributed by atoms with van der Waals surface area (Å²) in [6.45, 7) is 1.86. The predicted molar refractivity (Wildman–Crippen MR) is 112 cm³/mol. The van der Waals surface area contributed by atoms with Gasteiger partial charge in [-0.15, -0.1) is 11.3 Å². The van der Waals surface area contributed by atoms with Gasteiger partial charge in [-0.3, -0.25) is 4.79 Å². The smallest absolute Gasteiger partial charge is 0.232 e. The van der Waals surface area contributed by atoms with Gasteiger partial charge in [0, 0.05) is 29.3 Å². The molecule has 0 bridgehead atoms. The van der Waals surface area contributed by atoms with Gasteiger partial charge in [0.05, 0.1) is 5.75 Å². The number of aryl methyl sites for hydroxylation is 2. The summed E-state index contributed by atoms with van der Waals surface area (Å²) in [5, 5.41) is 2.34. The highest BCUT2D eigenvalue weighted by atomic mass is 32.2. The maximum absolute atomic E-state index is 12.8. The first-order valence-corrected chi connectivity index (χ1v) is 12.3. The zero-order valence-corrected chi connectivity index (χ0v) is 17.5. The van der Waals surface area contributed by atoms with Gasteiger partial charge in [-0.05, 0) is 56.9 Å². The molecule has 1 amide bonds. The van der Waals surface area contributed by atoms with Crippen LogP contribution >= 0.6 is 23.1 Å². The Labute approximate surface area is 169 Å². The number of thioether (sulfide) groups is 1. The molecule has 3 aliphatic rings. The molecule has 4 nitrogen and oxygen atoms in total. The van der Waals surface area contributed by atoms with Crippen LogP contribution in [-0.4, -0.2) is 39.6 Å². The number of rotatable bonds is 4. The normalized spacial score (nSPS) is 20.5. The number of amides is 1. The first kappa shape index (κ1) is 17.9. The molecule has 2 fully saturated rings. The summed E-state index contributed by atoms with van der Waals surface area (Å²) in [5.74, 6) is 2.37. The molecule has 0 spiro atoms. The number of nitrogens with zero attached hydrogens (tertiary/aromatic N) is 3. The second-order valence-electron chi connectivity index (χ2n) is 8.14. The van der Waals surface area contributed by atoms with Crippen molar-refractivity contribution < 1.29 is 4.79 Å². The van der Waals surface area contributed by atoms with Gasteiger partial charge in [-0.25, -0.2) is 9.97 Å². The Morgan fingerprint density at radius 2 is 1.81 bits per heavy atom. The zero-order valence-electron chi connectivity index (χ0n) is 15.8. The predicted octanol–water partition coefficient (Wildman–Crippen LogP) is 4.94. The van der Waals surface area contributed by atoms with Crippen LogP contribution < -0.4 is 0 Å². The molecule has 2 aromatic heterocycles. The van der Waals surface area contributed by atoms with E-state index in [1.165, 1.54) is 65.6 Å². The van der Waals surface area contributed by atoms with E-state index in [9.17, 15) is 4.79 Å². The van der Waals surface area contributed by atoms with Gasteiger partial charge in [-0.2, -0.15) is 0 Å². The molecule has 1 saturated carbocycles. The molecule has 0 N–H and O–H groups in total. The summed E-state index contributed by atoms with van der Waals surface area (Å²) in [6.07, 6.45) is 12.1. The molecule has 2 aromatic rings. The number of hydrogen-bond donors (Lipinski definition) is 0. The van der Waals surface area contributed by atoms with E-state index >= 15 is 0 Å². The Kier molecular flexibility index (Phi) is 5.11. The Bertz CT molecular complexity index is 851. The van der Waals surface area contributed by atoms with Crippen molar-refractivity contribution in [1.29, 1.82) is 0 Å². The van der Waals surface area contributed by atoms with E-state index in [2.05, 4.69) is 4.90 Å². The third-order valence-electron chi connectivity index (χ3n) is 6.03. The quantitative estimate of drug-likeness (QED) is 0.538. The van der Waals surface area contributed by atoms with E-state index in [4.69, 9.17) is 9.97 Å². The number of fused-ring (bicyclic) bond motifs is 3. The molecule has 0 aromatic carbocycles. The lowest BCUT2D eigenvalue weighted by Gasteiger charge is -2.20. The lowest BCUT2D eigenvalue weighted by Crippen LogP contribution is -2.33. The van der Waals surface area contributed by atoms with Crippen molar-refractivity contribution in [2.75, 3.05) is 18.8 Å². The molecular weight excluding hydrogens is 374 g/mol. The van der Waals surface area contributed by atoms with Crippen molar-refractivity contribution in [3.05, 3.63) is 16.3 Å². The van der Waals surface area contributed by atoms with Gasteiger partial charge in [0.2, 0.25) is 5.91 Å². The van der Waals surface area contributed by atoms with Crippen LogP contribution in [-0.2, 0) is 17.6 Å². The minimum absolute atomic E-state index is 0.283. The van der Waals surface area contributed by atoms with Crippen LogP contribution in [0.3, 0.4) is 0 Å². The second-order valence-corrected chi connectivity index (χ2v) is 10.2. The highest BCUT2D eigenvalue weighted by Gasteiger charge is 2.30. The van der Waals surface area contributed by atoms with Gasteiger partial charge in [-0.1, -0.05) is 24.6 Å². The summed E-state index contributed by atoms with van der Waals surface area (Å²) in [6, 6.07) is 0. The highest BCUT2D eigenvalue weighted by Crippen LogP contribution is 2.44. The molecular formula is C21H27N3OS2. The van der Waals surface area contributed by atoms with Crippen molar-refractivity contribution in [1.82, 2.24) is 14.9 Å². The summed E-state index contributed by atoms with van der Waals surface area (Å²) < 4.78 is 0. The van der Waals surface area contributed by atoms with Crippen LogP contribution in [0.4, 0.5) is 0 Å². The lowest BCUT2D eigenvalue weighted by molar-refractivity contribution is -0.128. The molecule has 3 heterocycles. The van der Waals surface area contributed by atoms with Crippen molar-refractivity contribution in [2.24, 2.45) is 0 Å². The SMILES string of the molecule is O=C(CSc1nc(C2CC2)nc2sc3c(c12)CCCC3)N1CCCCCC1. The monoisotopic (exact) mass is 401 g/mol. The van der Waals surface area contributed by atoms with E-state index in [-0.39, 0.29) is 5.91 Å². The largest absolute Gasteiger partial charge is 0.342 e. The Hall–Kier alpha value is -1.14. The Morgan fingerprint density at radius 1 is 1.04 bits per heavy atom. The highest BCUT2D eigenvalue weighted by molar-refractivity contribution is 8.00. The van der Waals surface area contributed by atoms with Gasteiger partial charge in [0.1, 0.15) is 15.7 Å². The van der Waals surface area contributed by atoms with Crippen molar-refractivity contribution in [3.8, 4) is 0 Å². The van der Waals surface area contributed by atoms with E-state index < -0.39 is 0 Å². The maximum atomic E-state index is 12.8. The standard InChI is InChI=1S/C21H27N3OS2/c25-17(24-11-5-1-2-6-12-24)13-26-20-18-15-7-3-4-8-16(15)27-21(18)23-19(22-20)14-9-10-14/h14H,1-13H2. The van der Waals surface area contributed by atoms with Crippen LogP contribution in [0, 0.1) is 0 Å². The summed E-state index contributed by atoms with van der Waals surface area (Å²) in [4.78, 5) is 27.4. The molecule has 2 aliphatic carbocycles. The molecule has 27 heavy (non-hydrogen) atoms. The van der Waals surface area contributed by atoms with Crippen molar-refractivity contribution in [3.63, 3.8) is 0 Å². The number of carbonyl (C=O) groups excluding carboxylic acids is 1. The molecule has 0 radical (unpaired) electrons. The number of hydrogen-bond acceptors (Lipinski definition) is 5. The zero-order chi connectivity index (χ0) is 18.2. The van der Waals surface area contributed by atoms with Crippen LogP contribution in [0.15, 0.2) is 5.03 Å². The van der Waals surface area contributed by atoms with Crippen LogP contribution in [0.2, 0.25) is 0 Å². The number of carbonyl (C=O) groups is 1. The first-order chi connectivity index (χ1) is 13.3. The third kappa shape index (κ3) is 3.75. The van der Waals surface area contributed by atoms with Crippen LogP contribution in [0.25, 0.3) is 10.2 Å². The number of likely N-dealkylation sites (tertiary alicyclic amines) is 1. The number of thiophene rings is 1. The average Bonchev–Trinajstić information content (AvgIpc) is 3.50. The van der Waals surface area contributed by atoms with E-state index in [1.54, 1.807) is 11.8 Å². The Morgan fingerprint density at radius 3 is 2.59 bits per heavy atom. The molecule has 144 valence electrons. The summed E-state index contributed by atoms with van der Waals surface area (Å²) in [7, 11) is 0. The average molecular weight is 402 g/mol. The van der Waals surface area contributed by atoms with E-state index in [0.717, 1.165) is 43.2 Å². The molecule has 1 saturated heterocycles. The van der Waals surface area contributed by atoms with Gasteiger partial charge in [0.25, 0.3) is 0 Å². The lowest BCUT2D eigenvalue weighted by atomic mass is 9.97. The van der Waals surface area contributed by atoms with Crippen molar-refractivity contribution in [2.45, 2.75) is 75.2 Å². The van der Waals surface area contributed by atoms with E-state index in [0.29, 0.717) is 11.7 Å². The summed E-state index contributed by atoms with van der Waals surface area (Å²) in [5.41, 5.74) is 1.48. The van der Waals surface area contributed by atoms with Crippen LogP contribution in [0.5, 0.6) is 0 Å². The topological polar surface area (TPSA) is 46.1 Å². The van der Waals surface area contributed by atoms with Gasteiger partial charge < -0.3 is 4.90 Å². The second kappa shape index (κ2) is 7.70. The maximum Gasteiger partial charge on any atom is 0.232 e. The van der Waals surface area contributed by atoms with Crippen molar-refractivity contribution >= 4 is 39.2 Å². The minimum Gasteiger partial charge on any atom is -0.342 e. The first-order valence-electron chi connectivity index (χ1n) is 10.5. The molecule has 0 atom stereocenters. The fourth-order valence-corrected chi connectivity index (χ4v) is 6.61. The van der Waals surface area contributed by atoms with Gasteiger partial charge >= 0.3 is 0 Å². The Balaban J connectivity index is 1.42. The minimum atomic E-state index is 0.283. The fraction of sp³-hybridized carbons (Fsp3) is 0.667. The molecule has 0 unspecified atom stereocenters. The fourth-order valence-electron chi connectivity index (χ4n) is 4.31. The molecule has 5 rings (SSSR count). The third-order valence-corrected chi connectivity index (χ3v) is 8.18.